The molecule has 0 radical (unpaired) electrons. The number of hydrogen-bond donors (Lipinski definition) is 2. The second kappa shape index (κ2) is 7.10. The van der Waals surface area contributed by atoms with Crippen LogP contribution in [0.3, 0.4) is 0 Å². The molecule has 1 aromatic carbocycles. The van der Waals surface area contributed by atoms with E-state index in [1.54, 1.807) is 31.2 Å². The summed E-state index contributed by atoms with van der Waals surface area (Å²) in [4.78, 5) is 24.8. The van der Waals surface area contributed by atoms with Crippen LogP contribution in [0.15, 0.2) is 24.3 Å². The van der Waals surface area contributed by atoms with Crippen LogP contribution in [-0.2, 0) is 21.4 Å². The number of benzene rings is 1. The Morgan fingerprint density at radius 1 is 1.30 bits per heavy atom. The van der Waals surface area contributed by atoms with Crippen molar-refractivity contribution in [2.24, 2.45) is 5.92 Å². The Balaban J connectivity index is 1.97. The van der Waals surface area contributed by atoms with Crippen molar-refractivity contribution >= 4 is 21.9 Å². The summed E-state index contributed by atoms with van der Waals surface area (Å²) in [7, 11) is -3.25. The highest BCUT2D eigenvalue weighted by Crippen LogP contribution is 2.19. The second-order valence-electron chi connectivity index (χ2n) is 5.50. The SMILES string of the molecule is CCS(=O)(=O)NCc1ccc(C(=O)N2CCC(C(=O)O)C2)cc1. The summed E-state index contributed by atoms with van der Waals surface area (Å²) in [6, 6.07) is 6.64. The van der Waals surface area contributed by atoms with Gasteiger partial charge in [0.05, 0.1) is 11.7 Å². The van der Waals surface area contributed by atoms with Crippen molar-refractivity contribution in [2.45, 2.75) is 19.9 Å². The van der Waals surface area contributed by atoms with Crippen molar-refractivity contribution in [2.75, 3.05) is 18.8 Å². The lowest BCUT2D eigenvalue weighted by molar-refractivity contribution is -0.141. The molecule has 1 atom stereocenters. The molecular formula is C15H20N2O5S. The smallest absolute Gasteiger partial charge is 0.308 e. The molecule has 2 rings (SSSR count). The van der Waals surface area contributed by atoms with Crippen molar-refractivity contribution in [1.82, 2.24) is 9.62 Å². The molecule has 0 saturated carbocycles. The lowest BCUT2D eigenvalue weighted by atomic mass is 10.1. The van der Waals surface area contributed by atoms with Gasteiger partial charge in [0.1, 0.15) is 0 Å². The molecule has 23 heavy (non-hydrogen) atoms. The zero-order valence-electron chi connectivity index (χ0n) is 12.9. The maximum absolute atomic E-state index is 12.3. The molecule has 1 amide bonds. The molecule has 1 aliphatic heterocycles. The highest BCUT2D eigenvalue weighted by Gasteiger charge is 2.31. The van der Waals surface area contributed by atoms with E-state index in [9.17, 15) is 18.0 Å². The molecule has 1 heterocycles. The van der Waals surface area contributed by atoms with Gasteiger partial charge in [-0.1, -0.05) is 12.1 Å². The molecular weight excluding hydrogens is 320 g/mol. The predicted octanol–water partition coefficient (Wildman–Crippen LogP) is 0.673. The van der Waals surface area contributed by atoms with Gasteiger partial charge in [0.2, 0.25) is 10.0 Å². The number of sulfonamides is 1. The molecule has 1 saturated heterocycles. The highest BCUT2D eigenvalue weighted by molar-refractivity contribution is 7.89. The standard InChI is InChI=1S/C15H20N2O5S/c1-2-23(21,22)16-9-11-3-5-12(6-4-11)14(18)17-8-7-13(10-17)15(19)20/h3-6,13,16H,2,7-10H2,1H3,(H,19,20). The van der Waals surface area contributed by atoms with Crippen LogP contribution in [0, 0.1) is 5.92 Å². The summed E-state index contributed by atoms with van der Waals surface area (Å²) < 4.78 is 25.2. The molecule has 8 heteroatoms. The molecule has 0 bridgehead atoms. The van der Waals surface area contributed by atoms with E-state index in [4.69, 9.17) is 5.11 Å². The number of nitrogens with zero attached hydrogens (tertiary/aromatic N) is 1. The van der Waals surface area contributed by atoms with Crippen LogP contribution in [0.4, 0.5) is 0 Å². The van der Waals surface area contributed by atoms with Crippen LogP contribution >= 0.6 is 0 Å². The van der Waals surface area contributed by atoms with Gasteiger partial charge in [-0.05, 0) is 31.0 Å². The van der Waals surface area contributed by atoms with E-state index in [-0.39, 0.29) is 24.7 Å². The van der Waals surface area contributed by atoms with E-state index in [0.29, 0.717) is 18.5 Å². The predicted molar refractivity (Wildman–Crippen MR) is 84.4 cm³/mol. The van der Waals surface area contributed by atoms with Crippen molar-refractivity contribution in [3.8, 4) is 0 Å². The maximum atomic E-state index is 12.3. The average Bonchev–Trinajstić information content (AvgIpc) is 3.03. The van der Waals surface area contributed by atoms with Gasteiger partial charge in [-0.15, -0.1) is 0 Å². The van der Waals surface area contributed by atoms with Gasteiger partial charge in [0.15, 0.2) is 0 Å². The lowest BCUT2D eigenvalue weighted by Gasteiger charge is -2.16. The molecule has 1 aliphatic rings. The Morgan fingerprint density at radius 2 is 1.96 bits per heavy atom. The maximum Gasteiger partial charge on any atom is 0.308 e. The molecule has 2 N–H and O–H groups in total. The van der Waals surface area contributed by atoms with Crippen LogP contribution in [0.2, 0.25) is 0 Å². The number of carbonyl (C=O) groups excluding carboxylic acids is 1. The summed E-state index contributed by atoms with van der Waals surface area (Å²) in [5, 5.41) is 8.97. The normalized spacial score (nSPS) is 18.1. The number of amides is 1. The van der Waals surface area contributed by atoms with Crippen molar-refractivity contribution in [1.29, 1.82) is 0 Å². The minimum Gasteiger partial charge on any atom is -0.481 e. The number of hydrogen-bond acceptors (Lipinski definition) is 4. The zero-order chi connectivity index (χ0) is 17.0. The topological polar surface area (TPSA) is 104 Å². The molecule has 1 unspecified atom stereocenters. The molecule has 7 nitrogen and oxygen atoms in total. The first kappa shape index (κ1) is 17.4. The first-order chi connectivity index (χ1) is 10.8. The van der Waals surface area contributed by atoms with E-state index >= 15 is 0 Å². The summed E-state index contributed by atoms with van der Waals surface area (Å²) in [5.74, 6) is -1.56. The molecule has 0 aromatic heterocycles. The largest absolute Gasteiger partial charge is 0.481 e. The summed E-state index contributed by atoms with van der Waals surface area (Å²) in [5.41, 5.74) is 1.22. The molecule has 1 aromatic rings. The van der Waals surface area contributed by atoms with Gasteiger partial charge in [-0.25, -0.2) is 13.1 Å². The lowest BCUT2D eigenvalue weighted by Crippen LogP contribution is -2.30. The highest BCUT2D eigenvalue weighted by atomic mass is 32.2. The Bertz CT molecular complexity index is 684. The van der Waals surface area contributed by atoms with Crippen molar-refractivity contribution in [3.05, 3.63) is 35.4 Å². The van der Waals surface area contributed by atoms with Crippen molar-refractivity contribution < 1.29 is 23.1 Å². The monoisotopic (exact) mass is 340 g/mol. The fourth-order valence-electron chi connectivity index (χ4n) is 2.39. The second-order valence-corrected chi connectivity index (χ2v) is 7.59. The zero-order valence-corrected chi connectivity index (χ0v) is 13.7. The molecule has 0 aliphatic carbocycles. The first-order valence-electron chi connectivity index (χ1n) is 7.40. The van der Waals surface area contributed by atoms with Gasteiger partial charge in [0.25, 0.3) is 5.91 Å². The minimum absolute atomic E-state index is 0.0171. The number of nitrogens with one attached hydrogen (secondary N) is 1. The third kappa shape index (κ3) is 4.52. The van der Waals surface area contributed by atoms with Crippen LogP contribution in [0.1, 0.15) is 29.3 Å². The molecule has 126 valence electrons. The fourth-order valence-corrected chi connectivity index (χ4v) is 2.98. The number of carbonyl (C=O) groups is 2. The minimum atomic E-state index is -3.25. The van der Waals surface area contributed by atoms with Crippen LogP contribution < -0.4 is 4.72 Å². The van der Waals surface area contributed by atoms with Gasteiger partial charge in [-0.2, -0.15) is 0 Å². The summed E-state index contributed by atoms with van der Waals surface area (Å²) in [6.45, 7) is 2.40. The first-order valence-corrected chi connectivity index (χ1v) is 9.06. The van der Waals surface area contributed by atoms with E-state index < -0.39 is 21.9 Å². The summed E-state index contributed by atoms with van der Waals surface area (Å²) in [6.07, 6.45) is 0.470. The van der Waals surface area contributed by atoms with Crippen LogP contribution in [0.25, 0.3) is 0 Å². The van der Waals surface area contributed by atoms with Gasteiger partial charge in [0, 0.05) is 25.2 Å². The van der Waals surface area contributed by atoms with Crippen LogP contribution in [0.5, 0.6) is 0 Å². The Labute approximate surface area is 135 Å². The van der Waals surface area contributed by atoms with E-state index in [1.165, 1.54) is 4.90 Å². The fraction of sp³-hybridized carbons (Fsp3) is 0.467. The average molecular weight is 340 g/mol. The third-order valence-electron chi connectivity index (χ3n) is 3.90. The quantitative estimate of drug-likeness (QED) is 0.792. The van der Waals surface area contributed by atoms with E-state index in [1.807, 2.05) is 0 Å². The Morgan fingerprint density at radius 3 is 2.48 bits per heavy atom. The number of rotatable bonds is 6. The van der Waals surface area contributed by atoms with E-state index in [2.05, 4.69) is 4.72 Å². The molecule has 0 spiro atoms. The summed E-state index contributed by atoms with van der Waals surface area (Å²) >= 11 is 0. The molecule has 1 fully saturated rings. The van der Waals surface area contributed by atoms with Crippen LogP contribution in [-0.4, -0.2) is 49.1 Å². The Hall–Kier alpha value is -1.93. The van der Waals surface area contributed by atoms with Gasteiger partial charge >= 0.3 is 5.97 Å². The van der Waals surface area contributed by atoms with E-state index in [0.717, 1.165) is 5.56 Å². The number of likely N-dealkylation sites (tertiary alicyclic amines) is 1. The number of carboxylic acids is 1. The number of aliphatic carboxylic acids is 1. The van der Waals surface area contributed by atoms with Crippen molar-refractivity contribution in [3.63, 3.8) is 0 Å². The van der Waals surface area contributed by atoms with Gasteiger partial charge < -0.3 is 10.0 Å². The third-order valence-corrected chi connectivity index (χ3v) is 5.25. The van der Waals surface area contributed by atoms with Gasteiger partial charge in [-0.3, -0.25) is 9.59 Å². The number of carboxylic acid groups (broad SMARTS) is 1. The Kier molecular flexibility index (Phi) is 5.38.